The average molecular weight is 207 g/mol. The maximum Gasteiger partial charge on any atom is 0.305 e. The molecule has 0 aliphatic heterocycles. The first kappa shape index (κ1) is 11.2. The van der Waals surface area contributed by atoms with Crippen LogP contribution in [0.15, 0.2) is 18.2 Å². The van der Waals surface area contributed by atoms with Crippen LogP contribution in [-0.2, 0) is 5.41 Å². The average Bonchev–Trinajstić information content (AvgIpc) is 2.17. The highest BCUT2D eigenvalue weighted by molar-refractivity contribution is 5.43. The SMILES string of the molecule is C#CC(C)(C)c1cccc([N+](=O)[O-])c1F. The molecule has 0 saturated carbocycles. The minimum Gasteiger partial charge on any atom is -0.258 e. The molecule has 1 aromatic rings. The molecule has 0 aromatic heterocycles. The second kappa shape index (κ2) is 3.70. The number of nitro groups is 1. The zero-order valence-corrected chi connectivity index (χ0v) is 8.45. The van der Waals surface area contributed by atoms with E-state index in [1.807, 2.05) is 0 Å². The third-order valence-corrected chi connectivity index (χ3v) is 2.21. The van der Waals surface area contributed by atoms with Gasteiger partial charge in [0, 0.05) is 11.6 Å². The molecule has 0 radical (unpaired) electrons. The molecule has 1 aromatic carbocycles. The van der Waals surface area contributed by atoms with Crippen molar-refractivity contribution in [1.29, 1.82) is 0 Å². The highest BCUT2D eigenvalue weighted by atomic mass is 19.1. The van der Waals surface area contributed by atoms with Crippen LogP contribution < -0.4 is 0 Å². The van der Waals surface area contributed by atoms with Gasteiger partial charge in [0.2, 0.25) is 5.82 Å². The topological polar surface area (TPSA) is 43.1 Å². The van der Waals surface area contributed by atoms with Crippen LogP contribution in [0, 0.1) is 28.3 Å². The normalized spacial score (nSPS) is 10.8. The number of hydrogen-bond acceptors (Lipinski definition) is 2. The molecule has 0 atom stereocenters. The van der Waals surface area contributed by atoms with Crippen molar-refractivity contribution in [3.63, 3.8) is 0 Å². The Kier molecular flexibility index (Phi) is 2.76. The van der Waals surface area contributed by atoms with Gasteiger partial charge >= 0.3 is 5.69 Å². The molecule has 0 spiro atoms. The van der Waals surface area contributed by atoms with Crippen molar-refractivity contribution in [2.75, 3.05) is 0 Å². The summed E-state index contributed by atoms with van der Waals surface area (Å²) < 4.78 is 13.7. The summed E-state index contributed by atoms with van der Waals surface area (Å²) >= 11 is 0. The van der Waals surface area contributed by atoms with E-state index in [2.05, 4.69) is 5.92 Å². The fourth-order valence-corrected chi connectivity index (χ4v) is 1.22. The smallest absolute Gasteiger partial charge is 0.258 e. The zero-order chi connectivity index (χ0) is 11.6. The summed E-state index contributed by atoms with van der Waals surface area (Å²) in [5, 5.41) is 10.5. The van der Waals surface area contributed by atoms with E-state index in [0.29, 0.717) is 0 Å². The Balaban J connectivity index is 3.42. The minimum atomic E-state index is -0.856. The number of halogens is 1. The third kappa shape index (κ3) is 1.96. The maximum absolute atomic E-state index is 13.7. The molecule has 0 fully saturated rings. The molecule has 0 amide bonds. The fraction of sp³-hybridized carbons (Fsp3) is 0.273. The molecule has 0 N–H and O–H groups in total. The van der Waals surface area contributed by atoms with E-state index in [-0.39, 0.29) is 5.56 Å². The van der Waals surface area contributed by atoms with Gasteiger partial charge in [0.05, 0.1) is 10.3 Å². The summed E-state index contributed by atoms with van der Waals surface area (Å²) in [4.78, 5) is 9.74. The number of terminal acetylenes is 1. The lowest BCUT2D eigenvalue weighted by molar-refractivity contribution is -0.387. The Hall–Kier alpha value is -1.89. The van der Waals surface area contributed by atoms with Crippen LogP contribution in [0.1, 0.15) is 19.4 Å². The number of benzene rings is 1. The monoisotopic (exact) mass is 207 g/mol. The molecular formula is C11H10FNO2. The van der Waals surface area contributed by atoms with E-state index in [4.69, 9.17) is 6.42 Å². The summed E-state index contributed by atoms with van der Waals surface area (Å²) in [6, 6.07) is 4.00. The van der Waals surface area contributed by atoms with Crippen molar-refractivity contribution in [3.05, 3.63) is 39.7 Å². The van der Waals surface area contributed by atoms with E-state index in [1.54, 1.807) is 13.8 Å². The Labute approximate surface area is 87.1 Å². The fourth-order valence-electron chi connectivity index (χ4n) is 1.22. The van der Waals surface area contributed by atoms with Crippen molar-refractivity contribution in [3.8, 4) is 12.3 Å². The van der Waals surface area contributed by atoms with E-state index in [9.17, 15) is 14.5 Å². The van der Waals surface area contributed by atoms with E-state index >= 15 is 0 Å². The zero-order valence-electron chi connectivity index (χ0n) is 8.45. The summed E-state index contributed by atoms with van der Waals surface area (Å²) in [6.45, 7) is 3.27. The van der Waals surface area contributed by atoms with E-state index in [0.717, 1.165) is 6.07 Å². The number of rotatable bonds is 2. The molecule has 0 unspecified atom stereocenters. The van der Waals surface area contributed by atoms with Crippen LogP contribution in [0.2, 0.25) is 0 Å². The van der Waals surface area contributed by atoms with Crippen molar-refractivity contribution in [1.82, 2.24) is 0 Å². The van der Waals surface area contributed by atoms with Crippen LogP contribution >= 0.6 is 0 Å². The molecule has 0 heterocycles. The number of hydrogen-bond donors (Lipinski definition) is 0. The van der Waals surface area contributed by atoms with Crippen molar-refractivity contribution < 1.29 is 9.31 Å². The van der Waals surface area contributed by atoms with Crippen molar-refractivity contribution in [2.45, 2.75) is 19.3 Å². The molecule has 0 aliphatic carbocycles. The molecule has 0 aliphatic rings. The molecular weight excluding hydrogens is 197 g/mol. The summed E-state index contributed by atoms with van der Waals surface area (Å²) in [5.74, 6) is 1.55. The van der Waals surface area contributed by atoms with Gasteiger partial charge in [-0.25, -0.2) is 0 Å². The first-order valence-corrected chi connectivity index (χ1v) is 4.31. The second-order valence-electron chi connectivity index (χ2n) is 3.67. The Morgan fingerprint density at radius 1 is 1.53 bits per heavy atom. The van der Waals surface area contributed by atoms with Gasteiger partial charge in [0.15, 0.2) is 0 Å². The molecule has 15 heavy (non-hydrogen) atoms. The van der Waals surface area contributed by atoms with E-state index in [1.165, 1.54) is 12.1 Å². The lowest BCUT2D eigenvalue weighted by Crippen LogP contribution is -2.16. The molecule has 3 nitrogen and oxygen atoms in total. The predicted molar refractivity (Wildman–Crippen MR) is 54.9 cm³/mol. The molecule has 78 valence electrons. The Morgan fingerprint density at radius 3 is 2.60 bits per heavy atom. The van der Waals surface area contributed by atoms with Gasteiger partial charge in [-0.15, -0.1) is 6.42 Å². The van der Waals surface area contributed by atoms with Crippen LogP contribution in [0.5, 0.6) is 0 Å². The van der Waals surface area contributed by atoms with Gasteiger partial charge in [0.25, 0.3) is 0 Å². The van der Waals surface area contributed by atoms with Crippen LogP contribution in [0.4, 0.5) is 10.1 Å². The molecule has 0 bridgehead atoms. The largest absolute Gasteiger partial charge is 0.305 e. The lowest BCUT2D eigenvalue weighted by atomic mass is 9.85. The quantitative estimate of drug-likeness (QED) is 0.425. The van der Waals surface area contributed by atoms with Gasteiger partial charge in [-0.1, -0.05) is 18.1 Å². The highest BCUT2D eigenvalue weighted by Gasteiger charge is 2.26. The molecule has 1 rings (SSSR count). The van der Waals surface area contributed by atoms with Gasteiger partial charge in [-0.2, -0.15) is 4.39 Å². The van der Waals surface area contributed by atoms with Crippen molar-refractivity contribution >= 4 is 5.69 Å². The lowest BCUT2D eigenvalue weighted by Gasteiger charge is -2.18. The highest BCUT2D eigenvalue weighted by Crippen LogP contribution is 2.29. The van der Waals surface area contributed by atoms with Gasteiger partial charge < -0.3 is 0 Å². The second-order valence-corrected chi connectivity index (χ2v) is 3.67. The predicted octanol–water partition coefficient (Wildman–Crippen LogP) is 2.64. The van der Waals surface area contributed by atoms with Crippen molar-refractivity contribution in [2.24, 2.45) is 0 Å². The first-order valence-electron chi connectivity index (χ1n) is 4.31. The standard InChI is InChI=1S/C11H10FNO2/c1-4-11(2,3)8-6-5-7-9(10(8)12)13(14)15/h1,5-7H,2-3H3. The van der Waals surface area contributed by atoms with Gasteiger partial charge in [-0.3, -0.25) is 10.1 Å². The minimum absolute atomic E-state index is 0.166. The summed E-state index contributed by atoms with van der Waals surface area (Å²) in [7, 11) is 0. The molecule has 0 saturated heterocycles. The van der Waals surface area contributed by atoms with Crippen LogP contribution in [0.3, 0.4) is 0 Å². The Bertz CT molecular complexity index is 446. The summed E-state index contributed by atoms with van der Waals surface area (Å²) in [6.07, 6.45) is 5.25. The molecule has 4 heteroatoms. The van der Waals surface area contributed by atoms with Crippen LogP contribution in [0.25, 0.3) is 0 Å². The Morgan fingerprint density at radius 2 is 2.13 bits per heavy atom. The maximum atomic E-state index is 13.7. The van der Waals surface area contributed by atoms with E-state index < -0.39 is 21.8 Å². The third-order valence-electron chi connectivity index (χ3n) is 2.21. The van der Waals surface area contributed by atoms with Gasteiger partial charge in [0.1, 0.15) is 0 Å². The van der Waals surface area contributed by atoms with Crippen LogP contribution in [-0.4, -0.2) is 4.92 Å². The first-order chi connectivity index (χ1) is 6.90. The number of nitro benzene ring substituents is 1. The number of nitrogens with zero attached hydrogens (tertiary/aromatic N) is 1. The summed E-state index contributed by atoms with van der Waals surface area (Å²) in [5.41, 5.74) is -1.23. The van der Waals surface area contributed by atoms with Gasteiger partial charge in [-0.05, 0) is 13.8 Å².